The number of benzene rings is 4. The van der Waals surface area contributed by atoms with Crippen LogP contribution in [0.4, 0.5) is 0 Å². The standard InChI is InChI=1S/4C6H6O.2C4H9.2Al/c4*7-6-4-2-1-3-5-6;2*1-4(2)3;;/h4*1-5,7H;2*4H,1H2,2-3H3;;/q;;;;;;+1;+3/p-4. The van der Waals surface area contributed by atoms with Crippen LogP contribution in [0.2, 0.25) is 10.6 Å². The Morgan fingerprint density at radius 1 is 0.421 bits per heavy atom. The number of para-hydroxylation sites is 4. The van der Waals surface area contributed by atoms with Crippen molar-refractivity contribution in [2.24, 2.45) is 11.8 Å². The molecule has 4 aromatic rings. The van der Waals surface area contributed by atoms with E-state index in [-0.39, 0.29) is 40.4 Å². The molecule has 38 heavy (non-hydrogen) atoms. The van der Waals surface area contributed by atoms with Crippen molar-refractivity contribution in [3.8, 4) is 23.0 Å². The van der Waals surface area contributed by atoms with Crippen LogP contribution >= 0.6 is 0 Å². The van der Waals surface area contributed by atoms with Gasteiger partial charge in [0.1, 0.15) is 0 Å². The van der Waals surface area contributed by atoms with Crippen LogP contribution in [-0.4, -0.2) is 32.6 Å². The predicted molar refractivity (Wildman–Crippen MR) is 154 cm³/mol. The summed E-state index contributed by atoms with van der Waals surface area (Å²) in [6, 6.07) is 33.3. The van der Waals surface area contributed by atoms with Gasteiger partial charge in [0.25, 0.3) is 0 Å². The zero-order valence-corrected chi connectivity index (χ0v) is 25.2. The van der Waals surface area contributed by atoms with Gasteiger partial charge < -0.3 is 20.4 Å². The molecule has 4 rings (SSSR count). The molecule has 0 radical (unpaired) electrons. The molecule has 0 heterocycles. The molecule has 0 aromatic heterocycles. The van der Waals surface area contributed by atoms with E-state index in [4.69, 9.17) is 0 Å². The van der Waals surface area contributed by atoms with Gasteiger partial charge in [0.2, 0.25) is 0 Å². The first-order valence-electron chi connectivity index (χ1n) is 12.4. The van der Waals surface area contributed by atoms with Gasteiger partial charge in [-0.05, 0) is 0 Å². The van der Waals surface area contributed by atoms with Crippen molar-refractivity contribution in [3.05, 3.63) is 121 Å². The molecule has 0 bridgehead atoms. The second-order valence-electron chi connectivity index (χ2n) is 8.80. The Morgan fingerprint density at radius 3 is 0.711 bits per heavy atom. The van der Waals surface area contributed by atoms with E-state index in [1.54, 1.807) is 48.5 Å². The van der Waals surface area contributed by atoms with Crippen LogP contribution in [0.3, 0.4) is 0 Å². The summed E-state index contributed by atoms with van der Waals surface area (Å²) in [7, 11) is 0. The van der Waals surface area contributed by atoms with Crippen LogP contribution < -0.4 is 20.4 Å². The Labute approximate surface area is 246 Å². The second kappa shape index (κ2) is 25.8. The molecular formula is C32H38Al2O4. The van der Waals surface area contributed by atoms with E-state index in [1.807, 2.05) is 24.3 Å². The van der Waals surface area contributed by atoms with Gasteiger partial charge in [-0.25, -0.2) is 0 Å². The fourth-order valence-corrected chi connectivity index (χ4v) is 3.97. The van der Waals surface area contributed by atoms with E-state index in [9.17, 15) is 20.4 Å². The molecule has 0 aliphatic carbocycles. The van der Waals surface area contributed by atoms with Crippen LogP contribution in [0.1, 0.15) is 27.7 Å². The SMILES string of the molecule is CC(C)[CH2][Al+][CH2]C(C)C.[Al+3].[O-]c1ccccc1.[O-]c1ccccc1.[O-]c1ccccc1.[O-]c1ccccc1. The van der Waals surface area contributed by atoms with Crippen LogP contribution in [-0.2, 0) is 0 Å². The summed E-state index contributed by atoms with van der Waals surface area (Å²) < 4.78 is 0. The summed E-state index contributed by atoms with van der Waals surface area (Å²) in [6.07, 6.45) is 0. The van der Waals surface area contributed by atoms with Gasteiger partial charge in [-0.2, -0.15) is 0 Å². The quantitative estimate of drug-likeness (QED) is 0.320. The molecule has 0 aliphatic rings. The maximum absolute atomic E-state index is 10.3. The molecule has 0 spiro atoms. The molecular weight excluding hydrogens is 502 g/mol. The molecule has 0 fully saturated rings. The molecule has 0 aliphatic heterocycles. The van der Waals surface area contributed by atoms with Crippen molar-refractivity contribution in [1.82, 2.24) is 0 Å². The summed E-state index contributed by atoms with van der Waals surface area (Å²) in [5.41, 5.74) is 0. The van der Waals surface area contributed by atoms with Crippen LogP contribution in [0.25, 0.3) is 0 Å². The van der Waals surface area contributed by atoms with Crippen molar-refractivity contribution in [2.45, 2.75) is 38.3 Å². The number of hydrogen-bond donors (Lipinski definition) is 0. The van der Waals surface area contributed by atoms with E-state index in [1.165, 1.54) is 59.1 Å². The minimum absolute atomic E-state index is 0. The van der Waals surface area contributed by atoms with Gasteiger partial charge in [-0.1, -0.05) is 121 Å². The molecule has 4 aromatic carbocycles. The number of rotatable bonds is 4. The van der Waals surface area contributed by atoms with Gasteiger partial charge in [-0.3, -0.25) is 0 Å². The Bertz CT molecular complexity index is 827. The summed E-state index contributed by atoms with van der Waals surface area (Å²) in [5, 5.41) is 44.0. The Balaban J connectivity index is 0. The molecule has 0 atom stereocenters. The third kappa shape index (κ3) is 27.7. The van der Waals surface area contributed by atoms with Gasteiger partial charge in [0, 0.05) is 0 Å². The first-order chi connectivity index (χ1) is 17.7. The normalized spacial score (nSPS) is 8.79. The first kappa shape index (κ1) is 37.3. The van der Waals surface area contributed by atoms with Crippen LogP contribution in [0.5, 0.6) is 23.0 Å². The molecule has 4 nitrogen and oxygen atoms in total. The summed E-state index contributed by atoms with van der Waals surface area (Å²) >= 11 is 0.755. The monoisotopic (exact) mass is 540 g/mol. The van der Waals surface area contributed by atoms with Crippen molar-refractivity contribution >= 4 is 32.6 Å². The summed E-state index contributed by atoms with van der Waals surface area (Å²) in [6.45, 7) is 9.25. The van der Waals surface area contributed by atoms with Crippen molar-refractivity contribution < 1.29 is 20.4 Å². The van der Waals surface area contributed by atoms with Crippen molar-refractivity contribution in [1.29, 1.82) is 0 Å². The Hall–Kier alpha value is -2.86. The largest absolute Gasteiger partial charge is 3.00 e. The fraction of sp³-hybridized carbons (Fsp3) is 0.250. The Morgan fingerprint density at radius 2 is 0.605 bits per heavy atom. The van der Waals surface area contributed by atoms with Crippen LogP contribution in [0.15, 0.2) is 121 Å². The molecule has 0 amide bonds. The average Bonchev–Trinajstić information content (AvgIpc) is 2.87. The van der Waals surface area contributed by atoms with E-state index < -0.39 is 0 Å². The molecule has 6 heteroatoms. The van der Waals surface area contributed by atoms with Crippen LogP contribution in [0, 0.1) is 11.8 Å². The minimum Gasteiger partial charge on any atom is -0.872 e. The van der Waals surface area contributed by atoms with E-state index in [0.717, 1.165) is 27.1 Å². The molecule has 0 saturated heterocycles. The predicted octanol–water partition coefficient (Wildman–Crippen LogP) is 5.50. The van der Waals surface area contributed by atoms with Crippen molar-refractivity contribution in [2.75, 3.05) is 0 Å². The second-order valence-corrected chi connectivity index (χ2v) is 10.3. The Kier molecular flexibility index (Phi) is 25.3. The zero-order chi connectivity index (χ0) is 27.7. The number of hydrogen-bond acceptors (Lipinski definition) is 4. The van der Waals surface area contributed by atoms with Crippen molar-refractivity contribution in [3.63, 3.8) is 0 Å². The summed E-state index contributed by atoms with van der Waals surface area (Å²) in [4.78, 5) is 0. The topological polar surface area (TPSA) is 92.2 Å². The van der Waals surface area contributed by atoms with E-state index in [0.29, 0.717) is 0 Å². The molecule has 0 N–H and O–H groups in total. The first-order valence-corrected chi connectivity index (χ1v) is 14.0. The van der Waals surface area contributed by atoms with Gasteiger partial charge in [-0.15, -0.1) is 23.0 Å². The molecule has 0 saturated carbocycles. The van der Waals surface area contributed by atoms with Gasteiger partial charge in [0.15, 0.2) is 0 Å². The third-order valence-corrected chi connectivity index (χ3v) is 6.80. The van der Waals surface area contributed by atoms with Gasteiger partial charge in [0.05, 0.1) is 0 Å². The maximum Gasteiger partial charge on any atom is 3.00 e. The van der Waals surface area contributed by atoms with E-state index in [2.05, 4.69) is 27.7 Å². The zero-order valence-electron chi connectivity index (χ0n) is 22.9. The fourth-order valence-electron chi connectivity index (χ4n) is 2.44. The minimum atomic E-state index is 0. The van der Waals surface area contributed by atoms with Gasteiger partial charge >= 0.3 is 82.7 Å². The summed E-state index contributed by atoms with van der Waals surface area (Å²) in [5.74, 6) is 2.15. The maximum atomic E-state index is 10.3. The smallest absolute Gasteiger partial charge is 0.872 e. The average molecular weight is 541 g/mol. The molecule has 196 valence electrons. The third-order valence-electron chi connectivity index (χ3n) is 4.25. The molecule has 0 unspecified atom stereocenters. The van der Waals surface area contributed by atoms with E-state index >= 15 is 0 Å².